The van der Waals surface area contributed by atoms with E-state index in [0.29, 0.717) is 30.6 Å². The van der Waals surface area contributed by atoms with Gasteiger partial charge >= 0.3 is 0 Å². The van der Waals surface area contributed by atoms with Crippen LogP contribution in [0.4, 0.5) is 5.82 Å². The van der Waals surface area contributed by atoms with Crippen LogP contribution in [0, 0.1) is 19.8 Å². The van der Waals surface area contributed by atoms with E-state index in [1.165, 1.54) is 12.8 Å². The summed E-state index contributed by atoms with van der Waals surface area (Å²) in [4.78, 5) is 31.1. The lowest BCUT2D eigenvalue weighted by atomic mass is 10.1. The van der Waals surface area contributed by atoms with Gasteiger partial charge in [0, 0.05) is 31.7 Å². The number of hydrogen-bond acceptors (Lipinski definition) is 5. The molecular weight excluding hydrogens is 374 g/mol. The van der Waals surface area contributed by atoms with Crippen LogP contribution in [0.15, 0.2) is 12.4 Å². The quantitative estimate of drug-likeness (QED) is 0.794. The molecule has 0 spiro atoms. The number of hydrogen-bond donors (Lipinski definition) is 0. The average molecular weight is 398 g/mol. The summed E-state index contributed by atoms with van der Waals surface area (Å²) < 4.78 is 0. The van der Waals surface area contributed by atoms with Gasteiger partial charge in [0.25, 0.3) is 0 Å². The van der Waals surface area contributed by atoms with Crippen LogP contribution in [0.5, 0.6) is 0 Å². The molecule has 3 aliphatic rings. The van der Waals surface area contributed by atoms with Crippen molar-refractivity contribution in [3.8, 4) is 0 Å². The molecule has 1 aliphatic carbocycles. The molecule has 6 nitrogen and oxygen atoms in total. The van der Waals surface area contributed by atoms with Crippen LogP contribution in [-0.4, -0.2) is 38.8 Å². The molecule has 2 fully saturated rings. The van der Waals surface area contributed by atoms with E-state index in [1.54, 1.807) is 0 Å². The van der Waals surface area contributed by atoms with Gasteiger partial charge in [0.05, 0.1) is 40.8 Å². The highest BCUT2D eigenvalue weighted by Gasteiger charge is 2.36. The van der Waals surface area contributed by atoms with Crippen LogP contribution in [0.2, 0.25) is 5.02 Å². The summed E-state index contributed by atoms with van der Waals surface area (Å²) in [6.07, 6.45) is 6.98. The summed E-state index contributed by atoms with van der Waals surface area (Å²) in [6.45, 7) is 6.70. The highest BCUT2D eigenvalue weighted by molar-refractivity contribution is 6.32. The number of anilines is 1. The van der Waals surface area contributed by atoms with Crippen molar-refractivity contribution in [2.75, 3.05) is 18.0 Å². The molecule has 7 heteroatoms. The topological polar surface area (TPSA) is 62.2 Å². The van der Waals surface area contributed by atoms with E-state index in [9.17, 15) is 4.79 Å². The molecule has 0 bridgehead atoms. The Morgan fingerprint density at radius 1 is 1.14 bits per heavy atom. The number of carbonyl (C=O) groups is 1. The molecule has 0 N–H and O–H groups in total. The largest absolute Gasteiger partial charge is 0.355 e. The Kier molecular flexibility index (Phi) is 4.27. The van der Waals surface area contributed by atoms with E-state index < -0.39 is 0 Å². The first-order valence-corrected chi connectivity index (χ1v) is 10.4. The molecule has 2 aliphatic heterocycles. The maximum atomic E-state index is 13.2. The van der Waals surface area contributed by atoms with Crippen molar-refractivity contribution in [2.45, 2.75) is 52.1 Å². The zero-order valence-electron chi connectivity index (χ0n) is 16.3. The second-order valence-electron chi connectivity index (χ2n) is 8.26. The van der Waals surface area contributed by atoms with Gasteiger partial charge in [0.2, 0.25) is 5.91 Å². The van der Waals surface area contributed by atoms with Crippen LogP contribution < -0.4 is 4.90 Å². The van der Waals surface area contributed by atoms with Gasteiger partial charge in [-0.2, -0.15) is 0 Å². The first-order chi connectivity index (χ1) is 13.5. The Bertz CT molecular complexity index is 958. The lowest BCUT2D eigenvalue weighted by molar-refractivity contribution is -0.135. The van der Waals surface area contributed by atoms with Gasteiger partial charge in [0.1, 0.15) is 5.82 Å². The van der Waals surface area contributed by atoms with Crippen molar-refractivity contribution < 1.29 is 4.79 Å². The van der Waals surface area contributed by atoms with E-state index in [2.05, 4.69) is 14.9 Å². The maximum absolute atomic E-state index is 13.2. The van der Waals surface area contributed by atoms with Gasteiger partial charge in [-0.3, -0.25) is 14.8 Å². The number of fused-ring (bicyclic) bond motifs is 1. The summed E-state index contributed by atoms with van der Waals surface area (Å²) in [7, 11) is 0. The fourth-order valence-corrected chi connectivity index (χ4v) is 4.55. The highest BCUT2D eigenvalue weighted by Crippen LogP contribution is 2.39. The summed E-state index contributed by atoms with van der Waals surface area (Å²) in [5.74, 6) is 1.70. The molecule has 4 heterocycles. The van der Waals surface area contributed by atoms with Crippen molar-refractivity contribution in [1.82, 2.24) is 19.9 Å². The number of nitrogens with zero attached hydrogens (tertiary/aromatic N) is 5. The second-order valence-corrected chi connectivity index (χ2v) is 8.64. The van der Waals surface area contributed by atoms with Crippen LogP contribution >= 0.6 is 11.6 Å². The third kappa shape index (κ3) is 3.04. The van der Waals surface area contributed by atoms with Gasteiger partial charge in [-0.15, -0.1) is 0 Å². The number of halogens is 1. The van der Waals surface area contributed by atoms with E-state index in [0.717, 1.165) is 47.0 Å². The van der Waals surface area contributed by atoms with E-state index in [4.69, 9.17) is 16.6 Å². The number of rotatable bonds is 3. The number of aryl methyl sites for hydroxylation is 1. The third-order valence-corrected chi connectivity index (χ3v) is 6.81. The van der Waals surface area contributed by atoms with Gasteiger partial charge in [-0.05, 0) is 44.2 Å². The normalized spacial score (nSPS) is 21.3. The van der Waals surface area contributed by atoms with Gasteiger partial charge in [-0.1, -0.05) is 11.6 Å². The third-order valence-electron chi connectivity index (χ3n) is 6.25. The van der Waals surface area contributed by atoms with Crippen molar-refractivity contribution in [2.24, 2.45) is 5.92 Å². The molecule has 1 amide bonds. The van der Waals surface area contributed by atoms with Gasteiger partial charge < -0.3 is 9.80 Å². The van der Waals surface area contributed by atoms with Gasteiger partial charge in [0.15, 0.2) is 0 Å². The Morgan fingerprint density at radius 2 is 1.96 bits per heavy atom. The van der Waals surface area contributed by atoms with Crippen molar-refractivity contribution in [1.29, 1.82) is 0 Å². The van der Waals surface area contributed by atoms with Crippen LogP contribution in [0.1, 0.15) is 53.4 Å². The number of pyridine rings is 1. The van der Waals surface area contributed by atoms with E-state index in [1.807, 2.05) is 31.1 Å². The smallest absolute Gasteiger partial charge is 0.228 e. The molecule has 0 aromatic carbocycles. The van der Waals surface area contributed by atoms with Crippen LogP contribution in [0.3, 0.4) is 0 Å². The summed E-state index contributed by atoms with van der Waals surface area (Å²) in [5.41, 5.74) is 5.09. The molecular formula is C21H24ClN5O. The minimum atomic E-state index is -0.00225. The van der Waals surface area contributed by atoms with E-state index in [-0.39, 0.29) is 11.8 Å². The average Bonchev–Trinajstić information content (AvgIpc) is 3.28. The molecule has 28 heavy (non-hydrogen) atoms. The van der Waals surface area contributed by atoms with Gasteiger partial charge in [-0.25, -0.2) is 4.98 Å². The Balaban J connectivity index is 1.28. The van der Waals surface area contributed by atoms with Crippen molar-refractivity contribution >= 4 is 23.3 Å². The summed E-state index contributed by atoms with van der Waals surface area (Å²) in [5, 5.41) is 0.717. The zero-order chi connectivity index (χ0) is 19.4. The summed E-state index contributed by atoms with van der Waals surface area (Å²) >= 11 is 6.36. The molecule has 2 aromatic heterocycles. The molecule has 1 saturated carbocycles. The lowest BCUT2D eigenvalue weighted by Gasteiger charge is -2.21. The SMILES string of the molecule is Cc1nc2c(c(C)c1Cl)CN(C(=O)[C@@H]1CCN(c3cncc(C4CC4)n3)C1)C2. The molecule has 146 valence electrons. The molecule has 2 aromatic rings. The molecule has 1 atom stereocenters. The minimum Gasteiger partial charge on any atom is -0.355 e. The molecule has 5 rings (SSSR count). The number of carbonyl (C=O) groups excluding carboxylic acids is 1. The van der Waals surface area contributed by atoms with E-state index >= 15 is 0 Å². The fourth-order valence-electron chi connectivity index (χ4n) is 4.39. The monoisotopic (exact) mass is 397 g/mol. The van der Waals surface area contributed by atoms with Crippen molar-refractivity contribution in [3.63, 3.8) is 0 Å². The highest BCUT2D eigenvalue weighted by atomic mass is 35.5. The fraction of sp³-hybridized carbons (Fsp3) is 0.524. The van der Waals surface area contributed by atoms with Crippen LogP contribution in [-0.2, 0) is 17.9 Å². The zero-order valence-corrected chi connectivity index (χ0v) is 17.0. The first kappa shape index (κ1) is 17.9. The predicted molar refractivity (Wildman–Crippen MR) is 107 cm³/mol. The number of amides is 1. The maximum Gasteiger partial charge on any atom is 0.228 e. The Labute approximate surface area is 169 Å². The first-order valence-electron chi connectivity index (χ1n) is 10.0. The minimum absolute atomic E-state index is 0.00225. The summed E-state index contributed by atoms with van der Waals surface area (Å²) in [6, 6.07) is 0. The standard InChI is InChI=1S/C21H24ClN5O/c1-12-16-10-27(11-18(16)24-13(2)20(12)22)21(28)15-5-6-26(9-15)19-8-23-7-17(25-19)14-3-4-14/h7-8,14-15H,3-6,9-11H2,1-2H3/t15-/m1/s1. The van der Waals surface area contributed by atoms with Crippen molar-refractivity contribution in [3.05, 3.63) is 45.6 Å². The lowest BCUT2D eigenvalue weighted by Crippen LogP contribution is -2.34. The predicted octanol–water partition coefficient (Wildman–Crippen LogP) is 3.39. The second kappa shape index (κ2) is 6.69. The van der Waals surface area contributed by atoms with Crippen LogP contribution in [0.25, 0.3) is 0 Å². The molecule has 1 saturated heterocycles. The molecule has 0 radical (unpaired) electrons. The molecule has 0 unspecified atom stereocenters. The number of aromatic nitrogens is 3. The Morgan fingerprint density at radius 3 is 2.75 bits per heavy atom. The Hall–Kier alpha value is -2.21.